The van der Waals surface area contributed by atoms with Gasteiger partial charge in [-0.05, 0) is 47.7 Å². The molecule has 0 aliphatic rings. The highest BCUT2D eigenvalue weighted by atomic mass is 35.5. The number of anilines is 1. The Morgan fingerprint density at radius 1 is 1.30 bits per heavy atom. The van der Waals surface area contributed by atoms with Gasteiger partial charge in [0.15, 0.2) is 0 Å². The molecule has 0 spiro atoms. The van der Waals surface area contributed by atoms with Crippen molar-refractivity contribution in [3.05, 3.63) is 47.1 Å². The first-order valence-corrected chi connectivity index (χ1v) is 9.41. The van der Waals surface area contributed by atoms with Crippen LogP contribution in [0.15, 0.2) is 36.5 Å². The van der Waals surface area contributed by atoms with Crippen molar-refractivity contribution in [3.63, 3.8) is 0 Å². The summed E-state index contributed by atoms with van der Waals surface area (Å²) in [5.41, 5.74) is 4.98. The lowest BCUT2D eigenvalue weighted by molar-refractivity contribution is -0.136. The molecule has 3 rings (SSSR count). The molecule has 0 aliphatic carbocycles. The number of halogens is 1. The van der Waals surface area contributed by atoms with Gasteiger partial charge in [0.1, 0.15) is 0 Å². The number of carbonyl (C=O) groups is 1. The number of nitrogens with zero attached hydrogens (tertiary/aromatic N) is 2. The number of carboxylic acid groups (broad SMARTS) is 1. The topological polar surface area (TPSA) is 69.2 Å². The Hall–Kier alpha value is -2.53. The molecule has 0 amide bonds. The monoisotopic (exact) mass is 385 g/mol. The van der Waals surface area contributed by atoms with Gasteiger partial charge >= 0.3 is 5.97 Å². The number of carboxylic acids is 1. The lowest BCUT2D eigenvalue weighted by Gasteiger charge is -2.26. The number of aromatic nitrogens is 2. The quantitative estimate of drug-likeness (QED) is 0.601. The maximum Gasteiger partial charge on any atom is 0.303 e. The SMILES string of the molecule is CC(C)CN(C)c1cc(Cl)c(CCC(=O)O)cc1-c1ccc2[nH]ncc2c1. The van der Waals surface area contributed by atoms with E-state index in [2.05, 4.69) is 48.1 Å². The zero-order chi connectivity index (χ0) is 19.6. The Balaban J connectivity index is 2.10. The predicted molar refractivity (Wildman–Crippen MR) is 111 cm³/mol. The number of hydrogen-bond acceptors (Lipinski definition) is 3. The highest BCUT2D eigenvalue weighted by Gasteiger charge is 2.16. The van der Waals surface area contributed by atoms with E-state index in [0.29, 0.717) is 17.4 Å². The van der Waals surface area contributed by atoms with E-state index in [0.717, 1.165) is 39.8 Å². The van der Waals surface area contributed by atoms with Gasteiger partial charge < -0.3 is 10.0 Å². The van der Waals surface area contributed by atoms with Gasteiger partial charge in [0.25, 0.3) is 0 Å². The fourth-order valence-electron chi connectivity index (χ4n) is 3.34. The number of aromatic amines is 1. The molecule has 0 fully saturated rings. The van der Waals surface area contributed by atoms with Crippen LogP contribution in [-0.4, -0.2) is 34.9 Å². The Morgan fingerprint density at radius 3 is 2.78 bits per heavy atom. The smallest absolute Gasteiger partial charge is 0.303 e. The Labute approximate surface area is 164 Å². The number of rotatable bonds is 7. The van der Waals surface area contributed by atoms with Gasteiger partial charge in [-0.1, -0.05) is 31.5 Å². The molecule has 142 valence electrons. The van der Waals surface area contributed by atoms with Gasteiger partial charge in [0.05, 0.1) is 11.7 Å². The fourth-order valence-corrected chi connectivity index (χ4v) is 3.60. The molecule has 5 nitrogen and oxygen atoms in total. The molecule has 2 N–H and O–H groups in total. The summed E-state index contributed by atoms with van der Waals surface area (Å²) in [6.07, 6.45) is 2.27. The van der Waals surface area contributed by atoms with E-state index in [-0.39, 0.29) is 6.42 Å². The van der Waals surface area contributed by atoms with E-state index in [1.54, 1.807) is 6.20 Å². The summed E-state index contributed by atoms with van der Waals surface area (Å²) in [4.78, 5) is 13.2. The first-order valence-electron chi connectivity index (χ1n) is 9.04. The molecule has 0 unspecified atom stereocenters. The van der Waals surface area contributed by atoms with Gasteiger partial charge in [-0.3, -0.25) is 9.89 Å². The van der Waals surface area contributed by atoms with Crippen molar-refractivity contribution in [3.8, 4) is 11.1 Å². The van der Waals surface area contributed by atoms with Crippen molar-refractivity contribution in [2.75, 3.05) is 18.5 Å². The Kier molecular flexibility index (Phi) is 5.71. The highest BCUT2D eigenvalue weighted by molar-refractivity contribution is 6.32. The van der Waals surface area contributed by atoms with Crippen molar-refractivity contribution < 1.29 is 9.90 Å². The van der Waals surface area contributed by atoms with E-state index in [1.165, 1.54) is 0 Å². The van der Waals surface area contributed by atoms with Gasteiger partial charge in [-0.2, -0.15) is 5.10 Å². The van der Waals surface area contributed by atoms with Crippen LogP contribution in [0.4, 0.5) is 5.69 Å². The van der Waals surface area contributed by atoms with E-state index < -0.39 is 5.97 Å². The average molecular weight is 386 g/mol. The molecule has 3 aromatic rings. The van der Waals surface area contributed by atoms with E-state index in [1.807, 2.05) is 18.2 Å². The molecular formula is C21H24ClN3O2. The second-order valence-corrected chi connectivity index (χ2v) is 7.71. The summed E-state index contributed by atoms with van der Waals surface area (Å²) in [5, 5.41) is 17.7. The summed E-state index contributed by atoms with van der Waals surface area (Å²) in [6, 6.07) is 10.1. The minimum Gasteiger partial charge on any atom is -0.481 e. The van der Waals surface area contributed by atoms with Crippen LogP contribution in [0.25, 0.3) is 22.0 Å². The van der Waals surface area contributed by atoms with Crippen molar-refractivity contribution in [2.24, 2.45) is 5.92 Å². The standard InChI is InChI=1S/C21H24ClN3O2/c1-13(2)12-25(3)20-10-18(22)15(5-7-21(26)27)9-17(20)14-4-6-19-16(8-14)11-23-24-19/h4,6,8-11,13H,5,7,12H2,1-3H3,(H,23,24)(H,26,27). The molecule has 27 heavy (non-hydrogen) atoms. The van der Waals surface area contributed by atoms with E-state index in [4.69, 9.17) is 16.7 Å². The first kappa shape index (κ1) is 19.2. The van der Waals surface area contributed by atoms with Crippen LogP contribution in [0.3, 0.4) is 0 Å². The number of H-pyrrole nitrogens is 1. The molecule has 0 saturated carbocycles. The predicted octanol–water partition coefficient (Wildman–Crippen LogP) is 4.99. The van der Waals surface area contributed by atoms with Crippen LogP contribution in [0.2, 0.25) is 5.02 Å². The van der Waals surface area contributed by atoms with Gasteiger partial charge in [-0.15, -0.1) is 0 Å². The van der Waals surface area contributed by atoms with Crippen molar-refractivity contribution in [2.45, 2.75) is 26.7 Å². The summed E-state index contributed by atoms with van der Waals surface area (Å²) >= 11 is 6.50. The third kappa shape index (κ3) is 4.42. The molecule has 0 bridgehead atoms. The van der Waals surface area contributed by atoms with Crippen LogP contribution in [0.5, 0.6) is 0 Å². The van der Waals surface area contributed by atoms with Crippen LogP contribution >= 0.6 is 11.6 Å². The van der Waals surface area contributed by atoms with Gasteiger partial charge in [0, 0.05) is 41.7 Å². The molecule has 0 aliphatic heterocycles. The summed E-state index contributed by atoms with van der Waals surface area (Å²) in [6.45, 7) is 5.25. The Morgan fingerprint density at radius 2 is 2.07 bits per heavy atom. The third-order valence-corrected chi connectivity index (χ3v) is 4.93. The molecular weight excluding hydrogens is 362 g/mol. The highest BCUT2D eigenvalue weighted by Crippen LogP contribution is 2.37. The minimum absolute atomic E-state index is 0.0567. The normalized spacial score (nSPS) is 11.3. The summed E-state index contributed by atoms with van der Waals surface area (Å²) < 4.78 is 0. The fraction of sp³-hybridized carbons (Fsp3) is 0.333. The molecule has 0 saturated heterocycles. The molecule has 1 heterocycles. The van der Waals surface area contributed by atoms with Crippen LogP contribution < -0.4 is 4.90 Å². The summed E-state index contributed by atoms with van der Waals surface area (Å²) in [7, 11) is 2.06. The number of aryl methyl sites for hydroxylation is 1. The maximum absolute atomic E-state index is 11.0. The number of nitrogens with one attached hydrogen (secondary N) is 1. The number of fused-ring (bicyclic) bond motifs is 1. The molecule has 0 radical (unpaired) electrons. The number of hydrogen-bond donors (Lipinski definition) is 2. The van der Waals surface area contributed by atoms with Gasteiger partial charge in [-0.25, -0.2) is 0 Å². The van der Waals surface area contributed by atoms with Crippen LogP contribution in [-0.2, 0) is 11.2 Å². The lowest BCUT2D eigenvalue weighted by atomic mass is 9.97. The second kappa shape index (κ2) is 8.01. The summed E-state index contributed by atoms with van der Waals surface area (Å²) in [5.74, 6) is -0.321. The molecule has 0 atom stereocenters. The Bertz CT molecular complexity index is 965. The second-order valence-electron chi connectivity index (χ2n) is 7.30. The minimum atomic E-state index is -0.826. The third-order valence-electron chi connectivity index (χ3n) is 4.57. The number of benzene rings is 2. The zero-order valence-electron chi connectivity index (χ0n) is 15.8. The number of aliphatic carboxylic acids is 1. The van der Waals surface area contributed by atoms with E-state index >= 15 is 0 Å². The van der Waals surface area contributed by atoms with Crippen molar-refractivity contribution in [1.29, 1.82) is 0 Å². The van der Waals surface area contributed by atoms with Crippen molar-refractivity contribution in [1.82, 2.24) is 10.2 Å². The zero-order valence-corrected chi connectivity index (χ0v) is 16.5. The maximum atomic E-state index is 11.0. The molecule has 2 aromatic carbocycles. The first-order chi connectivity index (χ1) is 12.8. The van der Waals surface area contributed by atoms with E-state index in [9.17, 15) is 4.79 Å². The van der Waals surface area contributed by atoms with Crippen molar-refractivity contribution >= 4 is 34.2 Å². The molecule has 6 heteroatoms. The lowest BCUT2D eigenvalue weighted by Crippen LogP contribution is -2.23. The largest absolute Gasteiger partial charge is 0.481 e. The van der Waals surface area contributed by atoms with Gasteiger partial charge in [0.2, 0.25) is 0 Å². The van der Waals surface area contributed by atoms with Crippen LogP contribution in [0, 0.1) is 5.92 Å². The molecule has 1 aromatic heterocycles. The van der Waals surface area contributed by atoms with Crippen LogP contribution in [0.1, 0.15) is 25.8 Å². The average Bonchev–Trinajstić information content (AvgIpc) is 3.07.